The van der Waals surface area contributed by atoms with E-state index in [1.54, 1.807) is 0 Å². The fourth-order valence-corrected chi connectivity index (χ4v) is 2.00. The van der Waals surface area contributed by atoms with E-state index in [1.807, 2.05) is 0 Å². The number of hydrogen-bond acceptors (Lipinski definition) is 8. The highest BCUT2D eigenvalue weighted by atomic mass is 35.5. The Hall–Kier alpha value is -2.62. The van der Waals surface area contributed by atoms with Gasteiger partial charge in [-0.2, -0.15) is 24.7 Å². The van der Waals surface area contributed by atoms with Gasteiger partial charge in [0.05, 0.1) is 6.42 Å². The summed E-state index contributed by atoms with van der Waals surface area (Å²) in [5.74, 6) is -0.380. The highest BCUT2D eigenvalue weighted by molar-refractivity contribution is 6.28. The highest BCUT2D eigenvalue weighted by Crippen LogP contribution is 2.16. The normalized spacial score (nSPS) is 18.4. The maximum atomic E-state index is 11.8. The number of aromatic nitrogens is 6. The predicted octanol–water partition coefficient (Wildman–Crippen LogP) is -0.725. The zero-order valence-electron chi connectivity index (χ0n) is 10.8. The van der Waals surface area contributed by atoms with Crippen LogP contribution in [0.25, 0.3) is 5.95 Å². The lowest BCUT2D eigenvalue weighted by atomic mass is 10.2. The van der Waals surface area contributed by atoms with Gasteiger partial charge in [0.1, 0.15) is 18.7 Å². The molecule has 2 aromatic heterocycles. The van der Waals surface area contributed by atoms with Crippen LogP contribution in [0.1, 0.15) is 6.42 Å². The van der Waals surface area contributed by atoms with E-state index in [9.17, 15) is 9.59 Å². The van der Waals surface area contributed by atoms with E-state index in [0.29, 0.717) is 0 Å². The third-order valence-corrected chi connectivity index (χ3v) is 3.07. The van der Waals surface area contributed by atoms with Gasteiger partial charge in [0.25, 0.3) is 11.9 Å². The number of nitrogens with zero attached hydrogens (tertiary/aromatic N) is 7. The molecular weight excluding hydrogens is 300 g/mol. The molecule has 11 heteroatoms. The lowest BCUT2D eigenvalue weighted by molar-refractivity contribution is -0.136. The van der Waals surface area contributed by atoms with Crippen LogP contribution < -0.4 is 5.32 Å². The number of amides is 2. The predicted molar refractivity (Wildman–Crippen MR) is 69.6 cm³/mol. The zero-order valence-corrected chi connectivity index (χ0v) is 11.5. The van der Waals surface area contributed by atoms with E-state index < -0.39 is 6.04 Å². The Morgan fingerprint density at radius 2 is 2.14 bits per heavy atom. The average molecular weight is 309 g/mol. The lowest BCUT2D eigenvalue weighted by Gasteiger charge is -2.11. The van der Waals surface area contributed by atoms with Crippen LogP contribution in [0.5, 0.6) is 0 Å². The zero-order chi connectivity index (χ0) is 15.0. The quantitative estimate of drug-likeness (QED) is 0.737. The maximum absolute atomic E-state index is 11.8. The molecule has 2 aromatic rings. The molecule has 0 radical (unpaired) electrons. The van der Waals surface area contributed by atoms with Crippen molar-refractivity contribution in [3.05, 3.63) is 17.9 Å². The Labute approximate surface area is 123 Å². The van der Waals surface area contributed by atoms with Gasteiger partial charge in [-0.25, -0.2) is 4.98 Å². The molecule has 10 nitrogen and oxygen atoms in total. The van der Waals surface area contributed by atoms with Crippen LogP contribution in [-0.2, 0) is 9.59 Å². The number of likely N-dealkylation sites (tertiary alicyclic amines) is 1. The summed E-state index contributed by atoms with van der Waals surface area (Å²) in [6.45, 7) is 0. The standard InChI is InChI=1S/C10H9ClN8O2/c1-18-6(20)2-5(7(18)21)14-9-15-8(11)16-10(17-9)19-4-12-3-13-19/h3-5H,2H2,1H3,(H,14,15,16,17). The molecule has 3 rings (SSSR count). The molecule has 2 amide bonds. The minimum absolute atomic E-state index is 0.0390. The van der Waals surface area contributed by atoms with Gasteiger partial charge in [-0.3, -0.25) is 14.5 Å². The van der Waals surface area contributed by atoms with Crippen molar-refractivity contribution in [1.82, 2.24) is 34.6 Å². The van der Waals surface area contributed by atoms with Crippen LogP contribution in [0.2, 0.25) is 5.28 Å². The molecule has 0 bridgehead atoms. The van der Waals surface area contributed by atoms with E-state index in [-0.39, 0.29) is 35.4 Å². The molecule has 108 valence electrons. The third-order valence-electron chi connectivity index (χ3n) is 2.90. The summed E-state index contributed by atoms with van der Waals surface area (Å²) in [6, 6.07) is -0.718. The number of carbonyl (C=O) groups excluding carboxylic acids is 2. The van der Waals surface area contributed by atoms with Crippen molar-refractivity contribution in [1.29, 1.82) is 0 Å². The first-order chi connectivity index (χ1) is 10.0. The molecule has 1 N–H and O–H groups in total. The van der Waals surface area contributed by atoms with Crippen molar-refractivity contribution < 1.29 is 9.59 Å². The Balaban J connectivity index is 1.86. The minimum Gasteiger partial charge on any atom is -0.342 e. The molecule has 0 saturated carbocycles. The molecule has 0 aromatic carbocycles. The summed E-state index contributed by atoms with van der Waals surface area (Å²) in [4.78, 5) is 40.0. The summed E-state index contributed by atoms with van der Waals surface area (Å²) in [5.41, 5.74) is 0. The molecule has 1 aliphatic heterocycles. The molecule has 21 heavy (non-hydrogen) atoms. The van der Waals surface area contributed by atoms with Gasteiger partial charge in [0.2, 0.25) is 17.1 Å². The first-order valence-corrected chi connectivity index (χ1v) is 6.26. The van der Waals surface area contributed by atoms with Crippen molar-refractivity contribution >= 4 is 29.4 Å². The molecule has 1 aliphatic rings. The molecule has 1 unspecified atom stereocenters. The molecule has 0 aliphatic carbocycles. The summed E-state index contributed by atoms with van der Waals surface area (Å²) < 4.78 is 1.30. The topological polar surface area (TPSA) is 119 Å². The second-order valence-electron chi connectivity index (χ2n) is 4.26. The van der Waals surface area contributed by atoms with Crippen LogP contribution in [0.15, 0.2) is 12.7 Å². The van der Waals surface area contributed by atoms with Gasteiger partial charge >= 0.3 is 0 Å². The minimum atomic E-state index is -0.718. The van der Waals surface area contributed by atoms with E-state index in [2.05, 4.69) is 30.4 Å². The van der Waals surface area contributed by atoms with Crippen LogP contribution in [0.3, 0.4) is 0 Å². The molecular formula is C10H9ClN8O2. The number of anilines is 1. The number of rotatable bonds is 3. The molecule has 0 spiro atoms. The van der Waals surface area contributed by atoms with Crippen molar-refractivity contribution in [3.8, 4) is 5.95 Å². The number of hydrogen-bond donors (Lipinski definition) is 1. The highest BCUT2D eigenvalue weighted by Gasteiger charge is 2.36. The fraction of sp³-hybridized carbons (Fsp3) is 0.300. The van der Waals surface area contributed by atoms with Crippen molar-refractivity contribution in [2.75, 3.05) is 12.4 Å². The van der Waals surface area contributed by atoms with Crippen LogP contribution >= 0.6 is 11.6 Å². The lowest BCUT2D eigenvalue weighted by Crippen LogP contribution is -2.32. The smallest absolute Gasteiger partial charge is 0.258 e. The Kier molecular flexibility index (Phi) is 3.22. The SMILES string of the molecule is CN1C(=O)CC(Nc2nc(Cl)nc(-n3cncn3)n2)C1=O. The van der Waals surface area contributed by atoms with E-state index in [4.69, 9.17) is 11.6 Å². The van der Waals surface area contributed by atoms with Gasteiger partial charge in [-0.15, -0.1) is 0 Å². The second kappa shape index (κ2) is 5.05. The van der Waals surface area contributed by atoms with Gasteiger partial charge in [-0.1, -0.05) is 0 Å². The summed E-state index contributed by atoms with van der Waals surface area (Å²) in [5, 5.41) is 6.58. The molecule has 1 fully saturated rings. The monoisotopic (exact) mass is 308 g/mol. The van der Waals surface area contributed by atoms with Crippen molar-refractivity contribution in [2.45, 2.75) is 12.5 Å². The summed E-state index contributed by atoms with van der Waals surface area (Å²) in [6.07, 6.45) is 2.75. The van der Waals surface area contributed by atoms with Gasteiger partial charge in [-0.05, 0) is 11.6 Å². The second-order valence-corrected chi connectivity index (χ2v) is 4.60. The first kappa shape index (κ1) is 13.4. The first-order valence-electron chi connectivity index (χ1n) is 5.88. The van der Waals surface area contributed by atoms with Crippen LogP contribution in [0.4, 0.5) is 5.95 Å². The Bertz CT molecular complexity index is 703. The average Bonchev–Trinajstić information content (AvgIpc) is 3.05. The Morgan fingerprint density at radius 1 is 1.33 bits per heavy atom. The summed E-state index contributed by atoms with van der Waals surface area (Å²) in [7, 11) is 1.42. The number of carbonyl (C=O) groups is 2. The third kappa shape index (κ3) is 2.52. The van der Waals surface area contributed by atoms with E-state index in [1.165, 1.54) is 24.4 Å². The largest absolute Gasteiger partial charge is 0.342 e. The number of likely N-dealkylation sites (N-methyl/N-ethyl adjacent to an activating group) is 1. The fourth-order valence-electron chi connectivity index (χ4n) is 1.84. The van der Waals surface area contributed by atoms with E-state index in [0.717, 1.165) is 4.90 Å². The van der Waals surface area contributed by atoms with Gasteiger partial charge < -0.3 is 5.32 Å². The van der Waals surface area contributed by atoms with Gasteiger partial charge in [0.15, 0.2) is 0 Å². The number of halogens is 1. The van der Waals surface area contributed by atoms with Crippen molar-refractivity contribution in [3.63, 3.8) is 0 Å². The molecule has 1 saturated heterocycles. The van der Waals surface area contributed by atoms with Crippen molar-refractivity contribution in [2.24, 2.45) is 0 Å². The number of imide groups is 1. The molecule has 1 atom stereocenters. The Morgan fingerprint density at radius 3 is 2.76 bits per heavy atom. The van der Waals surface area contributed by atoms with Gasteiger partial charge in [0, 0.05) is 7.05 Å². The van der Waals surface area contributed by atoms with E-state index >= 15 is 0 Å². The number of nitrogens with one attached hydrogen (secondary N) is 1. The molecule has 3 heterocycles. The van der Waals surface area contributed by atoms with Crippen LogP contribution in [0, 0.1) is 0 Å². The van der Waals surface area contributed by atoms with Crippen LogP contribution in [-0.4, -0.2) is 59.5 Å². The summed E-state index contributed by atoms with van der Waals surface area (Å²) >= 11 is 5.82. The maximum Gasteiger partial charge on any atom is 0.258 e.